The Morgan fingerprint density at radius 2 is 1.93 bits per heavy atom. The van der Waals surface area contributed by atoms with Crippen LogP contribution in [0.3, 0.4) is 0 Å². The molecular weight excluding hydrogens is 479 g/mol. The Morgan fingerprint density at radius 3 is 2.52 bits per heavy atom. The molecule has 6 nitrogen and oxygen atoms in total. The Morgan fingerprint density at radius 1 is 1.21 bits per heavy atom. The second-order valence-electron chi connectivity index (χ2n) is 7.91. The summed E-state index contributed by atoms with van der Waals surface area (Å²) in [5.41, 5.74) is 2.70. The molecule has 0 aromatic heterocycles. The Balaban J connectivity index is 0.00000300. The molecule has 2 saturated heterocycles. The zero-order valence-electron chi connectivity index (χ0n) is 18.3. The second kappa shape index (κ2) is 12.1. The van der Waals surface area contributed by atoms with E-state index < -0.39 is 0 Å². The van der Waals surface area contributed by atoms with E-state index in [0.717, 1.165) is 58.1 Å². The molecule has 164 valence electrons. The number of hydrogen-bond donors (Lipinski definition) is 1. The number of nitrogens with zero attached hydrogens (tertiary/aromatic N) is 3. The van der Waals surface area contributed by atoms with E-state index in [9.17, 15) is 0 Å². The molecule has 0 radical (unpaired) electrons. The van der Waals surface area contributed by atoms with Crippen molar-refractivity contribution in [2.45, 2.75) is 44.4 Å². The molecule has 0 saturated carbocycles. The third-order valence-electron chi connectivity index (χ3n) is 5.83. The molecule has 1 aromatic rings. The predicted molar refractivity (Wildman–Crippen MR) is 129 cm³/mol. The normalized spacial score (nSPS) is 23.8. The van der Waals surface area contributed by atoms with Crippen molar-refractivity contribution >= 4 is 29.9 Å². The molecule has 3 atom stereocenters. The number of rotatable bonds is 6. The van der Waals surface area contributed by atoms with Crippen LogP contribution in [0.2, 0.25) is 0 Å². The van der Waals surface area contributed by atoms with Crippen molar-refractivity contribution in [3.63, 3.8) is 0 Å². The lowest BCUT2D eigenvalue weighted by atomic mass is 10.0. The van der Waals surface area contributed by atoms with Gasteiger partial charge in [-0.3, -0.25) is 4.99 Å². The minimum atomic E-state index is 0. The van der Waals surface area contributed by atoms with Gasteiger partial charge in [-0.25, -0.2) is 0 Å². The molecular formula is C22H37IN4O2. The van der Waals surface area contributed by atoms with Crippen molar-refractivity contribution < 1.29 is 9.47 Å². The van der Waals surface area contributed by atoms with E-state index in [2.05, 4.69) is 65.4 Å². The first-order valence-corrected chi connectivity index (χ1v) is 10.6. The van der Waals surface area contributed by atoms with Crippen LogP contribution in [0.5, 0.6) is 0 Å². The van der Waals surface area contributed by atoms with Crippen LogP contribution in [-0.4, -0.2) is 82.0 Å². The third kappa shape index (κ3) is 6.54. The lowest BCUT2D eigenvalue weighted by Crippen LogP contribution is -2.54. The third-order valence-corrected chi connectivity index (χ3v) is 5.83. The fourth-order valence-corrected chi connectivity index (χ4v) is 4.08. The Bertz CT molecular complexity index is 632. The van der Waals surface area contributed by atoms with Crippen molar-refractivity contribution in [3.8, 4) is 0 Å². The fourth-order valence-electron chi connectivity index (χ4n) is 4.08. The molecule has 0 aliphatic carbocycles. The van der Waals surface area contributed by atoms with Gasteiger partial charge in [-0.05, 0) is 44.5 Å². The van der Waals surface area contributed by atoms with Gasteiger partial charge in [-0.15, -0.1) is 24.0 Å². The summed E-state index contributed by atoms with van der Waals surface area (Å²) in [7, 11) is 6.12. The van der Waals surface area contributed by atoms with Crippen LogP contribution in [0.25, 0.3) is 0 Å². The van der Waals surface area contributed by atoms with Crippen LogP contribution in [0.15, 0.2) is 29.3 Å². The lowest BCUT2D eigenvalue weighted by molar-refractivity contribution is -0.0817. The van der Waals surface area contributed by atoms with E-state index in [1.165, 1.54) is 11.1 Å². The van der Waals surface area contributed by atoms with Crippen LogP contribution < -0.4 is 5.32 Å². The number of benzene rings is 1. The van der Waals surface area contributed by atoms with Crippen LogP contribution in [-0.2, 0) is 15.9 Å². The summed E-state index contributed by atoms with van der Waals surface area (Å²) in [5, 5.41) is 3.60. The fraction of sp³-hybridized carbons (Fsp3) is 0.682. The Hall–Kier alpha value is -0.900. The van der Waals surface area contributed by atoms with Gasteiger partial charge in [0.1, 0.15) is 6.10 Å². The van der Waals surface area contributed by atoms with Crippen LogP contribution >= 0.6 is 24.0 Å². The van der Waals surface area contributed by atoms with Crippen molar-refractivity contribution in [2.24, 2.45) is 4.99 Å². The highest BCUT2D eigenvalue weighted by molar-refractivity contribution is 14.0. The summed E-state index contributed by atoms with van der Waals surface area (Å²) >= 11 is 0. The Labute approximate surface area is 193 Å². The van der Waals surface area contributed by atoms with Gasteiger partial charge in [-0.1, -0.05) is 31.2 Å². The minimum Gasteiger partial charge on any atom is -0.375 e. The first-order chi connectivity index (χ1) is 13.6. The van der Waals surface area contributed by atoms with Crippen molar-refractivity contribution in [1.82, 2.24) is 15.1 Å². The molecule has 7 heteroatoms. The summed E-state index contributed by atoms with van der Waals surface area (Å²) in [5.74, 6) is 0.948. The van der Waals surface area contributed by atoms with E-state index in [4.69, 9.17) is 9.47 Å². The zero-order chi connectivity index (χ0) is 19.9. The molecule has 0 spiro atoms. The van der Waals surface area contributed by atoms with E-state index in [1.54, 1.807) is 0 Å². The van der Waals surface area contributed by atoms with Crippen molar-refractivity contribution in [2.75, 3.05) is 54.0 Å². The van der Waals surface area contributed by atoms with E-state index in [0.29, 0.717) is 0 Å². The van der Waals surface area contributed by atoms with Crippen LogP contribution in [0.1, 0.15) is 36.9 Å². The van der Waals surface area contributed by atoms with Crippen molar-refractivity contribution in [1.29, 1.82) is 0 Å². The summed E-state index contributed by atoms with van der Waals surface area (Å²) in [6.45, 7) is 6.28. The molecule has 3 rings (SSSR count). The molecule has 0 bridgehead atoms. The van der Waals surface area contributed by atoms with Gasteiger partial charge in [-0.2, -0.15) is 0 Å². The number of ether oxygens (including phenoxy) is 2. The number of likely N-dealkylation sites (N-methyl/N-ethyl adjacent to an activating group) is 1. The van der Waals surface area contributed by atoms with Gasteiger partial charge in [0.15, 0.2) is 5.96 Å². The number of aliphatic imine (C=N–C) groups is 1. The first kappa shape index (κ1) is 24.4. The number of nitrogens with one attached hydrogen (secondary N) is 1. The average molecular weight is 516 g/mol. The summed E-state index contributed by atoms with van der Waals surface area (Å²) in [6, 6.07) is 9.24. The van der Waals surface area contributed by atoms with Crippen LogP contribution in [0, 0.1) is 0 Å². The maximum Gasteiger partial charge on any atom is 0.193 e. The SMILES string of the molecule is CCc1ccc(C(CNC(=NC)N2CCOC(C3CCCO3)C2)N(C)C)cc1.I. The monoisotopic (exact) mass is 516 g/mol. The topological polar surface area (TPSA) is 49.3 Å². The molecule has 0 amide bonds. The van der Waals surface area contributed by atoms with Crippen molar-refractivity contribution in [3.05, 3.63) is 35.4 Å². The molecule has 2 heterocycles. The van der Waals surface area contributed by atoms with Gasteiger partial charge in [0, 0.05) is 33.3 Å². The van der Waals surface area contributed by atoms with Gasteiger partial charge < -0.3 is 24.6 Å². The van der Waals surface area contributed by atoms with Gasteiger partial charge >= 0.3 is 0 Å². The van der Waals surface area contributed by atoms with E-state index >= 15 is 0 Å². The highest BCUT2D eigenvalue weighted by atomic mass is 127. The van der Waals surface area contributed by atoms with E-state index in [1.807, 2.05) is 7.05 Å². The number of aryl methyl sites for hydroxylation is 1. The molecule has 2 aliphatic heterocycles. The van der Waals surface area contributed by atoms with Gasteiger partial charge in [0.2, 0.25) is 0 Å². The quantitative estimate of drug-likeness (QED) is 0.358. The Kier molecular flexibility index (Phi) is 10.1. The molecule has 1 N–H and O–H groups in total. The average Bonchev–Trinajstić information content (AvgIpc) is 3.26. The number of hydrogen-bond acceptors (Lipinski definition) is 4. The maximum atomic E-state index is 5.98. The van der Waals surface area contributed by atoms with Gasteiger partial charge in [0.25, 0.3) is 0 Å². The highest BCUT2D eigenvalue weighted by Gasteiger charge is 2.32. The smallest absolute Gasteiger partial charge is 0.193 e. The molecule has 29 heavy (non-hydrogen) atoms. The minimum absolute atomic E-state index is 0. The summed E-state index contributed by atoms with van der Waals surface area (Å²) in [6.07, 6.45) is 3.68. The molecule has 1 aromatic carbocycles. The maximum absolute atomic E-state index is 5.98. The largest absolute Gasteiger partial charge is 0.375 e. The second-order valence-corrected chi connectivity index (χ2v) is 7.91. The van der Waals surface area contributed by atoms with Crippen LogP contribution in [0.4, 0.5) is 0 Å². The highest BCUT2D eigenvalue weighted by Crippen LogP contribution is 2.22. The van der Waals surface area contributed by atoms with E-state index in [-0.39, 0.29) is 42.2 Å². The molecule has 2 aliphatic rings. The number of halogens is 1. The first-order valence-electron chi connectivity index (χ1n) is 10.6. The zero-order valence-corrected chi connectivity index (χ0v) is 20.6. The number of morpholine rings is 1. The number of guanidine groups is 1. The lowest BCUT2D eigenvalue weighted by Gasteiger charge is -2.37. The summed E-state index contributed by atoms with van der Waals surface area (Å²) in [4.78, 5) is 9.11. The summed E-state index contributed by atoms with van der Waals surface area (Å²) < 4.78 is 11.8. The van der Waals surface area contributed by atoms with Gasteiger partial charge in [0.05, 0.1) is 18.8 Å². The molecule has 2 fully saturated rings. The predicted octanol–water partition coefficient (Wildman–Crippen LogP) is 2.92. The molecule has 3 unspecified atom stereocenters. The standard InChI is InChI=1S/C22H36N4O2.HI/c1-5-17-8-10-18(11-9-17)19(25(3)4)15-24-22(23-2)26-12-14-28-21(16-26)20-7-6-13-27-20;/h8-11,19-21H,5-7,12-16H2,1-4H3,(H,23,24);1H.